The molecule has 3 rings (SSSR count). The summed E-state index contributed by atoms with van der Waals surface area (Å²) < 4.78 is 0. The minimum atomic E-state index is -0.232. The first kappa shape index (κ1) is 16.6. The molecule has 0 radical (unpaired) electrons. The van der Waals surface area contributed by atoms with Gasteiger partial charge in [-0.3, -0.25) is 9.59 Å². The minimum absolute atomic E-state index is 0.0663. The molecule has 1 heterocycles. The summed E-state index contributed by atoms with van der Waals surface area (Å²) in [5.74, 6) is 1.52. The number of H-pyrrole nitrogens is 1. The van der Waals surface area contributed by atoms with Crippen molar-refractivity contribution in [3.05, 3.63) is 63.3 Å². The van der Waals surface area contributed by atoms with Crippen LogP contribution in [0.3, 0.4) is 0 Å². The third kappa shape index (κ3) is 3.81. The number of benzene rings is 1. The van der Waals surface area contributed by atoms with E-state index >= 15 is 0 Å². The number of ketones is 1. The predicted molar refractivity (Wildman–Crippen MR) is 94.7 cm³/mol. The van der Waals surface area contributed by atoms with Gasteiger partial charge in [-0.2, -0.15) is 0 Å². The van der Waals surface area contributed by atoms with Crippen LogP contribution < -0.4 is 5.56 Å². The lowest BCUT2D eigenvalue weighted by Crippen LogP contribution is -2.16. The highest BCUT2D eigenvalue weighted by molar-refractivity contribution is 5.94. The molecule has 0 spiro atoms. The number of rotatable bonds is 6. The third-order valence-electron chi connectivity index (χ3n) is 4.67. The van der Waals surface area contributed by atoms with E-state index in [1.807, 2.05) is 6.92 Å². The first-order chi connectivity index (χ1) is 11.4. The Morgan fingerprint density at radius 3 is 2.38 bits per heavy atom. The van der Waals surface area contributed by atoms with E-state index in [0.29, 0.717) is 29.8 Å². The van der Waals surface area contributed by atoms with Crippen molar-refractivity contribution < 1.29 is 4.79 Å². The highest BCUT2D eigenvalue weighted by atomic mass is 16.1. The van der Waals surface area contributed by atoms with Crippen molar-refractivity contribution in [2.24, 2.45) is 0 Å². The van der Waals surface area contributed by atoms with Gasteiger partial charge in [0.25, 0.3) is 5.56 Å². The molecule has 1 aromatic carbocycles. The van der Waals surface area contributed by atoms with Gasteiger partial charge in [-0.25, -0.2) is 4.98 Å². The van der Waals surface area contributed by atoms with Crippen LogP contribution in [0.15, 0.2) is 35.1 Å². The zero-order valence-electron chi connectivity index (χ0n) is 14.5. The van der Waals surface area contributed by atoms with Crippen LogP contribution in [0.4, 0.5) is 0 Å². The predicted octanol–water partition coefficient (Wildman–Crippen LogP) is 4.15. The van der Waals surface area contributed by atoms with Crippen LogP contribution in [0.25, 0.3) is 0 Å². The lowest BCUT2D eigenvalue weighted by molar-refractivity contribution is 0.0970. The molecule has 0 aliphatic heterocycles. The SMILES string of the molecule is CC(C)c1ccc([C@@H](C)CC(=O)c2cc(=O)[nH]c(C3CC3)n2)cc1. The van der Waals surface area contributed by atoms with Gasteiger partial charge in [-0.15, -0.1) is 0 Å². The molecule has 2 aromatic rings. The van der Waals surface area contributed by atoms with Gasteiger partial charge < -0.3 is 4.98 Å². The maximum Gasteiger partial charge on any atom is 0.251 e. The molecule has 1 saturated carbocycles. The molecule has 1 fully saturated rings. The molecule has 0 bridgehead atoms. The number of aromatic amines is 1. The fraction of sp³-hybridized carbons (Fsp3) is 0.450. The van der Waals surface area contributed by atoms with Gasteiger partial charge in [-0.05, 0) is 35.8 Å². The fourth-order valence-corrected chi connectivity index (χ4v) is 2.88. The molecule has 1 atom stereocenters. The second-order valence-corrected chi connectivity index (χ2v) is 7.14. The van der Waals surface area contributed by atoms with E-state index in [0.717, 1.165) is 18.4 Å². The Hall–Kier alpha value is -2.23. The number of aromatic nitrogens is 2. The van der Waals surface area contributed by atoms with Crippen LogP contribution in [-0.2, 0) is 0 Å². The molecule has 0 amide bonds. The maximum absolute atomic E-state index is 12.5. The van der Waals surface area contributed by atoms with Crippen molar-refractivity contribution in [3.8, 4) is 0 Å². The third-order valence-corrected chi connectivity index (χ3v) is 4.67. The molecule has 4 nitrogen and oxygen atoms in total. The fourth-order valence-electron chi connectivity index (χ4n) is 2.88. The first-order valence-electron chi connectivity index (χ1n) is 8.68. The first-order valence-corrected chi connectivity index (χ1v) is 8.68. The molecule has 1 N–H and O–H groups in total. The van der Waals surface area contributed by atoms with Crippen molar-refractivity contribution in [2.75, 3.05) is 0 Å². The lowest BCUT2D eigenvalue weighted by Gasteiger charge is -2.13. The number of carbonyl (C=O) groups is 1. The van der Waals surface area contributed by atoms with Crippen molar-refractivity contribution >= 4 is 5.78 Å². The molecule has 0 unspecified atom stereocenters. The van der Waals surface area contributed by atoms with Gasteiger partial charge in [0.2, 0.25) is 0 Å². The molecular weight excluding hydrogens is 300 g/mol. The van der Waals surface area contributed by atoms with E-state index in [4.69, 9.17) is 0 Å². The molecule has 1 aliphatic carbocycles. The van der Waals surface area contributed by atoms with Gasteiger partial charge in [0.15, 0.2) is 5.78 Å². The van der Waals surface area contributed by atoms with E-state index in [-0.39, 0.29) is 17.3 Å². The van der Waals surface area contributed by atoms with Crippen LogP contribution in [0.2, 0.25) is 0 Å². The van der Waals surface area contributed by atoms with E-state index in [1.54, 1.807) is 0 Å². The molecule has 0 saturated heterocycles. The molecule has 1 aromatic heterocycles. The topological polar surface area (TPSA) is 62.8 Å². The number of nitrogens with one attached hydrogen (secondary N) is 1. The molecule has 126 valence electrons. The zero-order chi connectivity index (χ0) is 17.3. The van der Waals surface area contributed by atoms with Crippen molar-refractivity contribution in [1.82, 2.24) is 9.97 Å². The Morgan fingerprint density at radius 2 is 1.79 bits per heavy atom. The smallest absolute Gasteiger partial charge is 0.251 e. The highest BCUT2D eigenvalue weighted by Crippen LogP contribution is 2.37. The number of Topliss-reactive ketones (excluding diaryl/α,β-unsaturated/α-hetero) is 1. The van der Waals surface area contributed by atoms with Gasteiger partial charge in [0.1, 0.15) is 11.5 Å². The van der Waals surface area contributed by atoms with Crippen LogP contribution >= 0.6 is 0 Å². The summed E-state index contributed by atoms with van der Waals surface area (Å²) in [7, 11) is 0. The van der Waals surface area contributed by atoms with E-state index in [2.05, 4.69) is 48.1 Å². The van der Waals surface area contributed by atoms with Gasteiger partial charge in [0.05, 0.1) is 0 Å². The van der Waals surface area contributed by atoms with Crippen molar-refractivity contribution in [2.45, 2.75) is 57.8 Å². The quantitative estimate of drug-likeness (QED) is 0.812. The van der Waals surface area contributed by atoms with Crippen LogP contribution in [0.1, 0.15) is 85.2 Å². The number of hydrogen-bond donors (Lipinski definition) is 1. The molecule has 4 heteroatoms. The Bertz CT molecular complexity index is 786. The van der Waals surface area contributed by atoms with Gasteiger partial charge >= 0.3 is 0 Å². The Kier molecular flexibility index (Phi) is 4.65. The lowest BCUT2D eigenvalue weighted by atomic mass is 9.92. The zero-order valence-corrected chi connectivity index (χ0v) is 14.5. The Balaban J connectivity index is 1.73. The summed E-state index contributed by atoms with van der Waals surface area (Å²) in [5.41, 5.74) is 2.50. The normalized spacial score (nSPS) is 15.5. The van der Waals surface area contributed by atoms with Gasteiger partial charge in [-0.1, -0.05) is 45.0 Å². The summed E-state index contributed by atoms with van der Waals surface area (Å²) in [4.78, 5) is 31.4. The summed E-state index contributed by atoms with van der Waals surface area (Å²) in [6.07, 6.45) is 2.44. The van der Waals surface area contributed by atoms with Gasteiger partial charge in [0, 0.05) is 18.4 Å². The van der Waals surface area contributed by atoms with Crippen molar-refractivity contribution in [3.63, 3.8) is 0 Å². The van der Waals surface area contributed by atoms with Crippen LogP contribution in [-0.4, -0.2) is 15.8 Å². The number of carbonyl (C=O) groups excluding carboxylic acids is 1. The molecule has 1 aliphatic rings. The Labute approximate surface area is 142 Å². The average molecular weight is 324 g/mol. The van der Waals surface area contributed by atoms with E-state index in [1.165, 1.54) is 11.6 Å². The average Bonchev–Trinajstić information content (AvgIpc) is 3.39. The van der Waals surface area contributed by atoms with Crippen molar-refractivity contribution in [1.29, 1.82) is 0 Å². The largest absolute Gasteiger partial charge is 0.310 e. The summed E-state index contributed by atoms with van der Waals surface area (Å²) in [6, 6.07) is 9.75. The monoisotopic (exact) mass is 324 g/mol. The molecular formula is C20H24N2O2. The second kappa shape index (κ2) is 6.71. The minimum Gasteiger partial charge on any atom is -0.310 e. The number of nitrogens with zero attached hydrogens (tertiary/aromatic N) is 1. The maximum atomic E-state index is 12.5. The molecule has 24 heavy (non-hydrogen) atoms. The van der Waals surface area contributed by atoms with E-state index < -0.39 is 0 Å². The van der Waals surface area contributed by atoms with Crippen LogP contribution in [0, 0.1) is 0 Å². The summed E-state index contributed by atoms with van der Waals surface area (Å²) in [5, 5.41) is 0. The summed E-state index contributed by atoms with van der Waals surface area (Å²) >= 11 is 0. The van der Waals surface area contributed by atoms with E-state index in [9.17, 15) is 9.59 Å². The Morgan fingerprint density at radius 1 is 1.17 bits per heavy atom. The standard InChI is InChI=1S/C20H24N2O2/c1-12(2)14-4-6-15(7-5-14)13(3)10-18(23)17-11-19(24)22-20(21-17)16-8-9-16/h4-7,11-13,16H,8-10H2,1-3H3,(H,21,22,24)/t13-/m0/s1. The van der Waals surface area contributed by atoms with Crippen LogP contribution in [0.5, 0.6) is 0 Å². The summed E-state index contributed by atoms with van der Waals surface area (Å²) in [6.45, 7) is 6.37. The highest BCUT2D eigenvalue weighted by Gasteiger charge is 2.27. The number of hydrogen-bond acceptors (Lipinski definition) is 3. The second-order valence-electron chi connectivity index (χ2n) is 7.14.